The lowest BCUT2D eigenvalue weighted by atomic mass is 10.2. The minimum atomic E-state index is 0.762. The molecule has 1 saturated carbocycles. The molecule has 0 aromatic carbocycles. The average molecular weight is 315 g/mol. The van der Waals surface area contributed by atoms with E-state index < -0.39 is 0 Å². The van der Waals surface area contributed by atoms with Gasteiger partial charge in [-0.05, 0) is 43.2 Å². The Kier molecular flexibility index (Phi) is 5.72. The molecule has 2 N–H and O–H groups in total. The summed E-state index contributed by atoms with van der Waals surface area (Å²) in [7, 11) is 1.82. The third kappa shape index (κ3) is 5.12. The molecule has 23 heavy (non-hydrogen) atoms. The summed E-state index contributed by atoms with van der Waals surface area (Å²) in [6.45, 7) is 4.08. The van der Waals surface area contributed by atoms with Gasteiger partial charge in [0.2, 0.25) is 0 Å². The minimum Gasteiger partial charge on any atom is -0.357 e. The van der Waals surface area contributed by atoms with E-state index in [4.69, 9.17) is 0 Å². The molecule has 5 heteroatoms. The first-order chi connectivity index (χ1) is 11.3. The highest BCUT2D eigenvalue weighted by Crippen LogP contribution is 2.27. The van der Waals surface area contributed by atoms with Gasteiger partial charge in [0.15, 0.2) is 5.96 Å². The molecule has 0 atom stereocenters. The topological polar surface area (TPSA) is 52.6 Å². The number of aliphatic imine (C=N–C) groups is 1. The second-order valence-electron chi connectivity index (χ2n) is 6.68. The molecule has 0 unspecified atom stereocenters. The molecule has 3 rings (SSSR count). The van der Waals surface area contributed by atoms with Crippen LogP contribution in [0.25, 0.3) is 0 Å². The lowest BCUT2D eigenvalue weighted by Gasteiger charge is -2.21. The lowest BCUT2D eigenvalue weighted by Crippen LogP contribution is -2.37. The Hall–Kier alpha value is -1.78. The van der Waals surface area contributed by atoms with Crippen molar-refractivity contribution in [2.75, 3.05) is 31.6 Å². The van der Waals surface area contributed by atoms with Crippen molar-refractivity contribution in [2.45, 2.75) is 45.1 Å². The molecule has 1 aliphatic carbocycles. The van der Waals surface area contributed by atoms with Crippen LogP contribution in [0.4, 0.5) is 5.82 Å². The molecule has 126 valence electrons. The Morgan fingerprint density at radius 1 is 1.17 bits per heavy atom. The van der Waals surface area contributed by atoms with E-state index in [-0.39, 0.29) is 0 Å². The molecule has 0 bridgehead atoms. The lowest BCUT2D eigenvalue weighted by molar-refractivity contribution is 0.726. The molecule has 1 aromatic rings. The number of aromatic nitrogens is 1. The van der Waals surface area contributed by atoms with Crippen LogP contribution in [0.2, 0.25) is 0 Å². The van der Waals surface area contributed by atoms with Crippen molar-refractivity contribution in [3.05, 3.63) is 23.9 Å². The van der Waals surface area contributed by atoms with Crippen molar-refractivity contribution >= 4 is 11.8 Å². The van der Waals surface area contributed by atoms with Crippen LogP contribution in [0.15, 0.2) is 23.3 Å². The SMILES string of the molecule is CN=C(NCc1ccc(N2CCCCCC2)nc1)NCC1CC1. The van der Waals surface area contributed by atoms with Gasteiger partial charge in [-0.2, -0.15) is 0 Å². The molecule has 1 aromatic heterocycles. The fraction of sp³-hybridized carbons (Fsp3) is 0.667. The predicted molar refractivity (Wildman–Crippen MR) is 95.8 cm³/mol. The van der Waals surface area contributed by atoms with Crippen molar-refractivity contribution in [2.24, 2.45) is 10.9 Å². The van der Waals surface area contributed by atoms with Crippen molar-refractivity contribution in [3.63, 3.8) is 0 Å². The Bertz CT molecular complexity index is 499. The van der Waals surface area contributed by atoms with Crippen LogP contribution >= 0.6 is 0 Å². The van der Waals surface area contributed by atoms with Crippen LogP contribution in [-0.2, 0) is 6.54 Å². The Morgan fingerprint density at radius 3 is 2.57 bits per heavy atom. The van der Waals surface area contributed by atoms with Crippen molar-refractivity contribution in [1.29, 1.82) is 0 Å². The molecule has 0 spiro atoms. The summed E-state index contributed by atoms with van der Waals surface area (Å²) in [5, 5.41) is 6.75. The fourth-order valence-corrected chi connectivity index (χ4v) is 2.98. The summed E-state index contributed by atoms with van der Waals surface area (Å²) in [4.78, 5) is 11.3. The predicted octanol–water partition coefficient (Wildman–Crippen LogP) is 2.54. The summed E-state index contributed by atoms with van der Waals surface area (Å²) in [6.07, 6.45) is 9.97. The molecule has 1 saturated heterocycles. The number of nitrogens with one attached hydrogen (secondary N) is 2. The summed E-state index contributed by atoms with van der Waals surface area (Å²) in [5.41, 5.74) is 1.19. The number of hydrogen-bond acceptors (Lipinski definition) is 3. The van der Waals surface area contributed by atoms with Gasteiger partial charge in [-0.25, -0.2) is 4.98 Å². The van der Waals surface area contributed by atoms with E-state index in [1.54, 1.807) is 0 Å². The molecule has 1 aliphatic heterocycles. The van der Waals surface area contributed by atoms with E-state index in [1.807, 2.05) is 13.2 Å². The zero-order valence-electron chi connectivity index (χ0n) is 14.2. The van der Waals surface area contributed by atoms with Crippen LogP contribution in [0.5, 0.6) is 0 Å². The van der Waals surface area contributed by atoms with E-state index in [2.05, 4.69) is 37.6 Å². The highest BCUT2D eigenvalue weighted by molar-refractivity contribution is 5.79. The Labute approximate surface area is 139 Å². The van der Waals surface area contributed by atoms with E-state index in [0.717, 1.165) is 43.9 Å². The third-order valence-corrected chi connectivity index (χ3v) is 4.68. The maximum Gasteiger partial charge on any atom is 0.191 e. The number of guanidine groups is 1. The number of anilines is 1. The largest absolute Gasteiger partial charge is 0.357 e. The zero-order chi connectivity index (χ0) is 15.9. The molecule has 2 aliphatic rings. The molecule has 2 fully saturated rings. The monoisotopic (exact) mass is 315 g/mol. The first-order valence-electron chi connectivity index (χ1n) is 8.99. The zero-order valence-corrected chi connectivity index (χ0v) is 14.2. The molecular formula is C18H29N5. The molecule has 2 heterocycles. The highest BCUT2D eigenvalue weighted by Gasteiger charge is 2.21. The second kappa shape index (κ2) is 8.18. The number of pyridine rings is 1. The third-order valence-electron chi connectivity index (χ3n) is 4.68. The molecule has 0 radical (unpaired) electrons. The summed E-state index contributed by atoms with van der Waals surface area (Å²) < 4.78 is 0. The van der Waals surface area contributed by atoms with Crippen LogP contribution < -0.4 is 15.5 Å². The van der Waals surface area contributed by atoms with Gasteiger partial charge in [0.05, 0.1) is 0 Å². The van der Waals surface area contributed by atoms with Gasteiger partial charge in [-0.1, -0.05) is 18.9 Å². The Morgan fingerprint density at radius 2 is 1.96 bits per heavy atom. The van der Waals surface area contributed by atoms with Gasteiger partial charge in [-0.15, -0.1) is 0 Å². The van der Waals surface area contributed by atoms with Crippen molar-refractivity contribution in [1.82, 2.24) is 15.6 Å². The van der Waals surface area contributed by atoms with Gasteiger partial charge in [0.25, 0.3) is 0 Å². The minimum absolute atomic E-state index is 0.762. The average Bonchev–Trinajstić information content (AvgIpc) is 3.42. The van der Waals surface area contributed by atoms with Gasteiger partial charge < -0.3 is 15.5 Å². The number of hydrogen-bond donors (Lipinski definition) is 2. The first-order valence-corrected chi connectivity index (χ1v) is 8.99. The van der Waals surface area contributed by atoms with Gasteiger partial charge in [-0.3, -0.25) is 4.99 Å². The van der Waals surface area contributed by atoms with Crippen molar-refractivity contribution in [3.8, 4) is 0 Å². The fourth-order valence-electron chi connectivity index (χ4n) is 2.98. The van der Waals surface area contributed by atoms with E-state index >= 15 is 0 Å². The normalized spacial score (nSPS) is 19.3. The van der Waals surface area contributed by atoms with E-state index in [0.29, 0.717) is 0 Å². The van der Waals surface area contributed by atoms with Crippen LogP contribution in [0.3, 0.4) is 0 Å². The smallest absolute Gasteiger partial charge is 0.191 e. The Balaban J connectivity index is 1.48. The molecular weight excluding hydrogens is 286 g/mol. The summed E-state index contributed by atoms with van der Waals surface area (Å²) >= 11 is 0. The van der Waals surface area contributed by atoms with Gasteiger partial charge in [0, 0.05) is 39.4 Å². The second-order valence-corrected chi connectivity index (χ2v) is 6.68. The number of nitrogens with zero attached hydrogens (tertiary/aromatic N) is 3. The molecule has 0 amide bonds. The summed E-state index contributed by atoms with van der Waals surface area (Å²) in [6, 6.07) is 4.33. The van der Waals surface area contributed by atoms with Crippen molar-refractivity contribution < 1.29 is 0 Å². The van der Waals surface area contributed by atoms with Gasteiger partial charge >= 0.3 is 0 Å². The van der Waals surface area contributed by atoms with Crippen LogP contribution in [-0.4, -0.2) is 37.6 Å². The maximum absolute atomic E-state index is 4.66. The van der Waals surface area contributed by atoms with Crippen LogP contribution in [0, 0.1) is 5.92 Å². The highest BCUT2D eigenvalue weighted by atomic mass is 15.2. The standard InChI is InChI=1S/C18H29N5/c1-19-18(21-12-15-6-7-15)22-14-16-8-9-17(20-13-16)23-10-4-2-3-5-11-23/h8-9,13,15H,2-7,10-12,14H2,1H3,(H2,19,21,22). The first kappa shape index (κ1) is 16.1. The molecule has 5 nitrogen and oxygen atoms in total. The summed E-state index contributed by atoms with van der Waals surface area (Å²) in [5.74, 6) is 2.85. The van der Waals surface area contributed by atoms with Crippen LogP contribution in [0.1, 0.15) is 44.1 Å². The number of rotatable bonds is 5. The quantitative estimate of drug-likeness (QED) is 0.648. The van der Waals surface area contributed by atoms with E-state index in [9.17, 15) is 0 Å². The van der Waals surface area contributed by atoms with Gasteiger partial charge in [0.1, 0.15) is 5.82 Å². The van der Waals surface area contributed by atoms with E-state index in [1.165, 1.54) is 44.1 Å². The maximum atomic E-state index is 4.66.